The van der Waals surface area contributed by atoms with Crippen LogP contribution in [-0.2, 0) is 42.7 Å². The van der Waals surface area contributed by atoms with E-state index >= 15 is 0 Å². The van der Waals surface area contributed by atoms with Gasteiger partial charge >= 0.3 is 5.97 Å². The van der Waals surface area contributed by atoms with Gasteiger partial charge in [-0.2, -0.15) is 0 Å². The first-order valence-electron chi connectivity index (χ1n) is 20.0. The topological polar surface area (TPSA) is 122 Å². The quantitative estimate of drug-likeness (QED) is 0.261. The number of ketones is 1. The van der Waals surface area contributed by atoms with Gasteiger partial charge in [0.25, 0.3) is 0 Å². The van der Waals surface area contributed by atoms with Gasteiger partial charge in [-0.15, -0.1) is 0 Å². The summed E-state index contributed by atoms with van der Waals surface area (Å²) in [6.07, 6.45) is 7.01. The second-order valence-corrected chi connectivity index (χ2v) is 16.8. The maximum Gasteiger partial charge on any atom is 0.306 e. The molecule has 0 bridgehead atoms. The third-order valence-corrected chi connectivity index (χ3v) is 13.4. The average Bonchev–Trinajstić information content (AvgIpc) is 3.68. The standard InChI is InChI=1S/C41H65NO10/c1-10-25-12-11-13-34(52-36-15-14-33(42(6)7)23(4)48-36)22(3)37(44)32-19-30-28(31(32)20-35(43)50-25)16-21(2)27-17-26(18-29(27)30)51-41-40(47-9)38(45)39(46-8)24(5)49-41/h16,19,22-31,33-34,36,38-41,45H,10-15,17-18,20H2,1-9H3/t22-,23-,24+,25+,26-,27+,28-,29-,30-,31+,33+,34+,36+,38-,39+,40-,41+/m1/s1. The second-order valence-electron chi connectivity index (χ2n) is 16.8. The van der Waals surface area contributed by atoms with E-state index < -0.39 is 24.6 Å². The number of allylic oxidation sites excluding steroid dienone is 4. The number of hydrogen-bond donors (Lipinski definition) is 1. The third-order valence-electron chi connectivity index (χ3n) is 13.4. The van der Waals surface area contributed by atoms with Crippen molar-refractivity contribution in [3.05, 3.63) is 23.3 Å². The molecule has 0 aromatic rings. The van der Waals surface area contributed by atoms with Gasteiger partial charge in [0.05, 0.1) is 30.8 Å². The zero-order chi connectivity index (χ0) is 37.4. The number of hydrogen-bond acceptors (Lipinski definition) is 11. The van der Waals surface area contributed by atoms with Crippen LogP contribution in [0.5, 0.6) is 0 Å². The molecule has 0 amide bonds. The summed E-state index contributed by atoms with van der Waals surface area (Å²) in [6, 6.07) is 0.332. The van der Waals surface area contributed by atoms with Crippen molar-refractivity contribution in [1.29, 1.82) is 0 Å². The van der Waals surface area contributed by atoms with Gasteiger partial charge in [-0.05, 0) is 115 Å². The lowest BCUT2D eigenvalue weighted by atomic mass is 9.67. The summed E-state index contributed by atoms with van der Waals surface area (Å²) < 4.78 is 43.2. The van der Waals surface area contributed by atoms with Crippen LogP contribution in [0, 0.1) is 35.5 Å². The number of nitrogens with zero attached hydrogens (tertiary/aromatic N) is 1. The van der Waals surface area contributed by atoms with Crippen molar-refractivity contribution in [2.45, 2.75) is 160 Å². The maximum atomic E-state index is 14.7. The van der Waals surface area contributed by atoms with E-state index in [4.69, 9.17) is 33.2 Å². The summed E-state index contributed by atoms with van der Waals surface area (Å²) in [5.41, 5.74) is 2.03. The van der Waals surface area contributed by atoms with E-state index in [9.17, 15) is 14.7 Å². The van der Waals surface area contributed by atoms with Gasteiger partial charge in [-0.25, -0.2) is 0 Å². The molecule has 0 aromatic heterocycles. The Balaban J connectivity index is 1.23. The van der Waals surface area contributed by atoms with Gasteiger partial charge in [0, 0.05) is 32.1 Å². The van der Waals surface area contributed by atoms with Gasteiger partial charge in [-0.1, -0.05) is 31.6 Å². The lowest BCUT2D eigenvalue weighted by molar-refractivity contribution is -0.311. The lowest BCUT2D eigenvalue weighted by Gasteiger charge is -2.42. The third kappa shape index (κ3) is 8.13. The zero-order valence-electron chi connectivity index (χ0n) is 32.9. The fourth-order valence-corrected chi connectivity index (χ4v) is 10.5. The molecule has 11 nitrogen and oxygen atoms in total. The number of carbonyl (C=O) groups excluding carboxylic acids is 2. The minimum atomic E-state index is -0.883. The summed E-state index contributed by atoms with van der Waals surface area (Å²) in [6.45, 7) is 10.2. The number of Topliss-reactive ketones (excluding diaryl/α,β-unsaturated/α-hetero) is 1. The number of cyclic esters (lactones) is 1. The van der Waals surface area contributed by atoms with Crippen LogP contribution in [0.3, 0.4) is 0 Å². The molecule has 6 rings (SSSR count). The molecule has 0 radical (unpaired) electrons. The van der Waals surface area contributed by atoms with Crippen LogP contribution in [-0.4, -0.2) is 118 Å². The van der Waals surface area contributed by atoms with Crippen LogP contribution in [0.15, 0.2) is 23.3 Å². The minimum Gasteiger partial charge on any atom is -0.462 e. The number of fused-ring (bicyclic) bond motifs is 5. The second kappa shape index (κ2) is 17.0. The number of esters is 1. The Hall–Kier alpha value is -1.70. The van der Waals surface area contributed by atoms with E-state index in [1.54, 1.807) is 14.2 Å². The van der Waals surface area contributed by atoms with Crippen molar-refractivity contribution in [2.75, 3.05) is 28.3 Å². The minimum absolute atomic E-state index is 0.0218. The van der Waals surface area contributed by atoms with Gasteiger partial charge in [0.2, 0.25) is 0 Å². The molecule has 1 N–H and O–H groups in total. The number of rotatable bonds is 8. The molecule has 0 unspecified atom stereocenters. The molecule has 0 aromatic carbocycles. The van der Waals surface area contributed by atoms with Crippen LogP contribution < -0.4 is 0 Å². The van der Waals surface area contributed by atoms with Crippen LogP contribution in [0.1, 0.15) is 92.4 Å². The number of ether oxygens (including phenoxy) is 7. The molecular formula is C41H65NO10. The van der Waals surface area contributed by atoms with Crippen molar-refractivity contribution in [2.24, 2.45) is 35.5 Å². The number of aliphatic hydroxyl groups excluding tert-OH is 1. The number of carbonyl (C=O) groups is 2. The van der Waals surface area contributed by atoms with Gasteiger partial charge in [0.15, 0.2) is 18.4 Å². The van der Waals surface area contributed by atoms with Crippen molar-refractivity contribution in [3.8, 4) is 0 Å². The monoisotopic (exact) mass is 731 g/mol. The Bertz CT molecular complexity index is 1320. The first kappa shape index (κ1) is 40.0. The van der Waals surface area contributed by atoms with E-state index in [1.807, 2.05) is 13.8 Å². The highest BCUT2D eigenvalue weighted by atomic mass is 16.7. The van der Waals surface area contributed by atoms with E-state index in [1.165, 1.54) is 5.57 Å². The molecule has 11 heteroatoms. The van der Waals surface area contributed by atoms with Crippen molar-refractivity contribution in [1.82, 2.24) is 4.90 Å². The van der Waals surface area contributed by atoms with E-state index in [0.29, 0.717) is 12.5 Å². The highest BCUT2D eigenvalue weighted by Crippen LogP contribution is 2.56. The predicted octanol–water partition coefficient (Wildman–Crippen LogP) is 5.22. The van der Waals surface area contributed by atoms with Crippen molar-refractivity contribution >= 4 is 11.8 Å². The summed E-state index contributed by atoms with van der Waals surface area (Å²) in [5.74, 6) is -0.152. The van der Waals surface area contributed by atoms with Crippen LogP contribution in [0.4, 0.5) is 0 Å². The molecule has 3 aliphatic carbocycles. The maximum absolute atomic E-state index is 14.7. The molecule has 0 spiro atoms. The molecule has 3 aliphatic heterocycles. The predicted molar refractivity (Wildman–Crippen MR) is 194 cm³/mol. The zero-order valence-corrected chi connectivity index (χ0v) is 32.9. The Morgan fingerprint density at radius 2 is 1.63 bits per heavy atom. The molecule has 294 valence electrons. The van der Waals surface area contributed by atoms with Gasteiger partial charge in [0.1, 0.15) is 24.4 Å². The highest BCUT2D eigenvalue weighted by molar-refractivity contribution is 5.99. The Kier molecular flexibility index (Phi) is 13.1. The normalized spacial score (nSPS) is 45.9. The Labute approximate surface area is 311 Å². The lowest BCUT2D eigenvalue weighted by Crippen LogP contribution is -2.59. The molecule has 52 heavy (non-hydrogen) atoms. The van der Waals surface area contributed by atoms with Crippen LogP contribution in [0.2, 0.25) is 0 Å². The van der Waals surface area contributed by atoms with Crippen LogP contribution in [0.25, 0.3) is 0 Å². The molecule has 3 saturated heterocycles. The highest BCUT2D eigenvalue weighted by Gasteiger charge is 2.53. The molecule has 4 fully saturated rings. The molecular weight excluding hydrogens is 666 g/mol. The SMILES string of the molecule is CC[C@H]1CCC[C@H](O[C@H]2CC[C@H](N(C)C)[C@@H](C)O2)[C@@H](C)C(=O)C2=C[C@@H]3[C@@H](C=C(C)[C@@H]4C[C@@H](O[C@@H]5O[C@@H](C)[C@H](OC)[C@@H](O)[C@H]5OC)C[C@@H]34)[C@@H]2CC(=O)O1. The van der Waals surface area contributed by atoms with E-state index in [2.05, 4.69) is 51.9 Å². The van der Waals surface area contributed by atoms with E-state index in [-0.39, 0.29) is 90.5 Å². The fourth-order valence-electron chi connectivity index (χ4n) is 10.5. The Morgan fingerprint density at radius 1 is 0.885 bits per heavy atom. The summed E-state index contributed by atoms with van der Waals surface area (Å²) in [7, 11) is 7.29. The largest absolute Gasteiger partial charge is 0.462 e. The fraction of sp³-hybridized carbons (Fsp3) is 0.854. The number of methoxy groups -OCH3 is 2. The summed E-state index contributed by atoms with van der Waals surface area (Å²) in [5, 5.41) is 11.0. The molecule has 6 aliphatic rings. The van der Waals surface area contributed by atoms with Gasteiger partial charge in [-0.3, -0.25) is 9.59 Å². The van der Waals surface area contributed by atoms with Crippen molar-refractivity contribution < 1.29 is 47.9 Å². The number of likely N-dealkylation sites (N-methyl/N-ethyl adjacent to an activating group) is 1. The first-order valence-corrected chi connectivity index (χ1v) is 20.0. The van der Waals surface area contributed by atoms with Crippen LogP contribution >= 0.6 is 0 Å². The Morgan fingerprint density at radius 3 is 2.31 bits per heavy atom. The molecule has 3 heterocycles. The van der Waals surface area contributed by atoms with E-state index in [0.717, 1.165) is 50.5 Å². The first-order chi connectivity index (χ1) is 24.8. The van der Waals surface area contributed by atoms with Crippen molar-refractivity contribution in [3.63, 3.8) is 0 Å². The smallest absolute Gasteiger partial charge is 0.306 e. The number of aliphatic hydroxyl groups is 1. The summed E-state index contributed by atoms with van der Waals surface area (Å²) >= 11 is 0. The molecule has 1 saturated carbocycles. The molecule has 17 atom stereocenters. The summed E-state index contributed by atoms with van der Waals surface area (Å²) in [4.78, 5) is 30.5. The van der Waals surface area contributed by atoms with Gasteiger partial charge < -0.3 is 43.2 Å². The average molecular weight is 732 g/mol.